The van der Waals surface area contributed by atoms with Gasteiger partial charge in [0.05, 0.1) is 36.2 Å². The molecule has 0 aliphatic rings. The number of hydrogen-bond donors (Lipinski definition) is 1. The van der Waals surface area contributed by atoms with E-state index >= 15 is 0 Å². The third-order valence-electron chi connectivity index (χ3n) is 4.83. The molecule has 154 valence electrons. The SMILES string of the molecule is CCOC(=O)c1c(C)nc(C)c(OC)c1-c1ccc(-c2ccccc2C(=O)O)cc1. The molecule has 0 atom stereocenters. The highest BCUT2D eigenvalue weighted by atomic mass is 16.5. The predicted molar refractivity (Wildman–Crippen MR) is 114 cm³/mol. The number of rotatable bonds is 6. The highest BCUT2D eigenvalue weighted by molar-refractivity contribution is 6.01. The van der Waals surface area contributed by atoms with E-state index in [1.165, 1.54) is 7.11 Å². The molecule has 0 bridgehead atoms. The van der Waals surface area contributed by atoms with Crippen LogP contribution in [-0.2, 0) is 4.74 Å². The Morgan fingerprint density at radius 2 is 1.60 bits per heavy atom. The van der Waals surface area contributed by atoms with Crippen LogP contribution in [0.3, 0.4) is 0 Å². The molecule has 0 amide bonds. The van der Waals surface area contributed by atoms with E-state index in [-0.39, 0.29) is 12.2 Å². The van der Waals surface area contributed by atoms with Gasteiger partial charge in [-0.15, -0.1) is 0 Å². The summed E-state index contributed by atoms with van der Waals surface area (Å²) in [6, 6.07) is 14.2. The number of ether oxygens (including phenoxy) is 2. The van der Waals surface area contributed by atoms with E-state index in [0.29, 0.717) is 33.8 Å². The number of esters is 1. The van der Waals surface area contributed by atoms with Crippen molar-refractivity contribution in [2.45, 2.75) is 20.8 Å². The molecule has 30 heavy (non-hydrogen) atoms. The average Bonchev–Trinajstić information content (AvgIpc) is 2.73. The molecule has 2 aromatic carbocycles. The summed E-state index contributed by atoms with van der Waals surface area (Å²) in [5.41, 5.74) is 4.55. The van der Waals surface area contributed by atoms with Crippen LogP contribution in [0.25, 0.3) is 22.3 Å². The Kier molecular flexibility index (Phi) is 6.16. The highest BCUT2D eigenvalue weighted by Crippen LogP contribution is 2.38. The predicted octanol–water partition coefficient (Wildman–Crippen LogP) is 4.92. The summed E-state index contributed by atoms with van der Waals surface area (Å²) in [7, 11) is 1.54. The zero-order chi connectivity index (χ0) is 21.8. The van der Waals surface area contributed by atoms with Crippen LogP contribution in [0.2, 0.25) is 0 Å². The van der Waals surface area contributed by atoms with Crippen molar-refractivity contribution >= 4 is 11.9 Å². The van der Waals surface area contributed by atoms with Crippen molar-refractivity contribution in [2.24, 2.45) is 0 Å². The molecular weight excluding hydrogens is 382 g/mol. The molecule has 6 heteroatoms. The molecule has 6 nitrogen and oxygen atoms in total. The van der Waals surface area contributed by atoms with Gasteiger partial charge in [-0.2, -0.15) is 0 Å². The summed E-state index contributed by atoms with van der Waals surface area (Å²) in [5.74, 6) is -0.945. The second-order valence-corrected chi connectivity index (χ2v) is 6.71. The summed E-state index contributed by atoms with van der Waals surface area (Å²) < 4.78 is 10.8. The summed E-state index contributed by atoms with van der Waals surface area (Å²) in [6.45, 7) is 5.58. The number of nitrogens with zero attached hydrogens (tertiary/aromatic N) is 1. The van der Waals surface area contributed by atoms with Crippen LogP contribution in [0.5, 0.6) is 5.75 Å². The van der Waals surface area contributed by atoms with Crippen LogP contribution in [-0.4, -0.2) is 35.7 Å². The van der Waals surface area contributed by atoms with Gasteiger partial charge in [-0.3, -0.25) is 4.98 Å². The number of methoxy groups -OCH3 is 1. The molecule has 0 saturated heterocycles. The first-order valence-electron chi connectivity index (χ1n) is 9.54. The normalized spacial score (nSPS) is 10.5. The smallest absolute Gasteiger partial charge is 0.340 e. The number of benzene rings is 2. The minimum Gasteiger partial charge on any atom is -0.494 e. The maximum atomic E-state index is 12.7. The van der Waals surface area contributed by atoms with Gasteiger partial charge in [0, 0.05) is 5.56 Å². The van der Waals surface area contributed by atoms with E-state index in [1.54, 1.807) is 38.1 Å². The van der Waals surface area contributed by atoms with Gasteiger partial charge in [-0.25, -0.2) is 9.59 Å². The molecule has 0 fully saturated rings. The number of carbonyl (C=O) groups is 2. The maximum absolute atomic E-state index is 12.7. The number of carbonyl (C=O) groups excluding carboxylic acids is 1. The first kappa shape index (κ1) is 21.0. The van der Waals surface area contributed by atoms with Gasteiger partial charge in [0.1, 0.15) is 5.75 Å². The molecule has 0 aliphatic carbocycles. The van der Waals surface area contributed by atoms with Gasteiger partial charge >= 0.3 is 11.9 Å². The van der Waals surface area contributed by atoms with Gasteiger partial charge in [-0.05, 0) is 43.5 Å². The Bertz CT molecular complexity index is 1100. The van der Waals surface area contributed by atoms with Crippen molar-refractivity contribution in [3.63, 3.8) is 0 Å². The number of carboxylic acids is 1. The molecule has 1 heterocycles. The summed E-state index contributed by atoms with van der Waals surface area (Å²) in [5, 5.41) is 9.46. The average molecular weight is 405 g/mol. The van der Waals surface area contributed by atoms with E-state index in [1.807, 2.05) is 31.2 Å². The number of aryl methyl sites for hydroxylation is 2. The van der Waals surface area contributed by atoms with Crippen LogP contribution in [0.4, 0.5) is 0 Å². The van der Waals surface area contributed by atoms with Crippen LogP contribution in [0.15, 0.2) is 48.5 Å². The number of carboxylic acid groups (broad SMARTS) is 1. The quantitative estimate of drug-likeness (QED) is 0.586. The number of pyridine rings is 1. The molecule has 1 aromatic heterocycles. The fourth-order valence-electron chi connectivity index (χ4n) is 3.55. The van der Waals surface area contributed by atoms with Gasteiger partial charge in [0.2, 0.25) is 0 Å². The standard InChI is InChI=1S/C24H23NO5/c1-5-30-24(28)20-14(2)25-15(3)22(29-4)21(20)17-12-10-16(11-13-17)18-8-6-7-9-19(18)23(26)27/h6-13H,5H2,1-4H3,(H,26,27). The second-order valence-electron chi connectivity index (χ2n) is 6.71. The molecule has 3 rings (SSSR count). The van der Waals surface area contributed by atoms with Crippen molar-refractivity contribution in [3.05, 3.63) is 71.0 Å². The van der Waals surface area contributed by atoms with Crippen molar-refractivity contribution in [2.75, 3.05) is 13.7 Å². The van der Waals surface area contributed by atoms with E-state index in [9.17, 15) is 14.7 Å². The third-order valence-corrected chi connectivity index (χ3v) is 4.83. The van der Waals surface area contributed by atoms with Crippen LogP contribution in [0, 0.1) is 13.8 Å². The monoisotopic (exact) mass is 405 g/mol. The van der Waals surface area contributed by atoms with Gasteiger partial charge in [0.15, 0.2) is 0 Å². The summed E-state index contributed by atoms with van der Waals surface area (Å²) >= 11 is 0. The number of aromatic nitrogens is 1. The first-order chi connectivity index (χ1) is 14.4. The lowest BCUT2D eigenvalue weighted by Crippen LogP contribution is -2.12. The molecule has 3 aromatic rings. The van der Waals surface area contributed by atoms with Gasteiger partial charge in [-0.1, -0.05) is 42.5 Å². The van der Waals surface area contributed by atoms with Crippen molar-refractivity contribution < 1.29 is 24.2 Å². The lowest BCUT2D eigenvalue weighted by Gasteiger charge is -2.18. The first-order valence-corrected chi connectivity index (χ1v) is 9.54. The lowest BCUT2D eigenvalue weighted by atomic mass is 9.93. The molecule has 0 spiro atoms. The Morgan fingerprint density at radius 3 is 2.20 bits per heavy atom. The van der Waals surface area contributed by atoms with Crippen LogP contribution < -0.4 is 4.74 Å². The van der Waals surface area contributed by atoms with E-state index in [2.05, 4.69) is 4.98 Å². The lowest BCUT2D eigenvalue weighted by molar-refractivity contribution is 0.0525. The molecule has 0 aliphatic heterocycles. The molecule has 0 radical (unpaired) electrons. The number of hydrogen-bond acceptors (Lipinski definition) is 5. The fourth-order valence-corrected chi connectivity index (χ4v) is 3.55. The van der Waals surface area contributed by atoms with Crippen molar-refractivity contribution in [3.8, 4) is 28.0 Å². The van der Waals surface area contributed by atoms with Crippen molar-refractivity contribution in [1.82, 2.24) is 4.98 Å². The fraction of sp³-hybridized carbons (Fsp3) is 0.208. The maximum Gasteiger partial charge on any atom is 0.340 e. The molecule has 1 N–H and O–H groups in total. The van der Waals surface area contributed by atoms with E-state index in [4.69, 9.17) is 9.47 Å². The Labute approximate surface area is 175 Å². The Morgan fingerprint density at radius 1 is 0.967 bits per heavy atom. The van der Waals surface area contributed by atoms with E-state index < -0.39 is 11.9 Å². The second kappa shape index (κ2) is 8.78. The van der Waals surface area contributed by atoms with Crippen LogP contribution in [0.1, 0.15) is 39.0 Å². The zero-order valence-electron chi connectivity index (χ0n) is 17.4. The largest absolute Gasteiger partial charge is 0.494 e. The van der Waals surface area contributed by atoms with E-state index in [0.717, 1.165) is 11.1 Å². The number of aromatic carboxylic acids is 1. The van der Waals surface area contributed by atoms with Gasteiger partial charge in [0.25, 0.3) is 0 Å². The minimum absolute atomic E-state index is 0.227. The van der Waals surface area contributed by atoms with Gasteiger partial charge < -0.3 is 14.6 Å². The Hall–Kier alpha value is -3.67. The zero-order valence-corrected chi connectivity index (χ0v) is 17.4. The topological polar surface area (TPSA) is 85.7 Å². The van der Waals surface area contributed by atoms with Crippen LogP contribution >= 0.6 is 0 Å². The minimum atomic E-state index is -0.985. The third kappa shape index (κ3) is 3.89. The molecule has 0 unspecified atom stereocenters. The summed E-state index contributed by atoms with van der Waals surface area (Å²) in [6.07, 6.45) is 0. The highest BCUT2D eigenvalue weighted by Gasteiger charge is 2.24. The molecule has 0 saturated carbocycles. The molecular formula is C24H23NO5. The summed E-state index contributed by atoms with van der Waals surface area (Å²) in [4.78, 5) is 28.7. The Balaban J connectivity index is 2.18. The van der Waals surface area contributed by atoms with Crippen molar-refractivity contribution in [1.29, 1.82) is 0 Å².